The molecule has 0 spiro atoms. The number of benzene rings is 1. The van der Waals surface area contributed by atoms with Gasteiger partial charge in [0, 0.05) is 17.0 Å². The van der Waals surface area contributed by atoms with E-state index in [1.165, 1.54) is 18.9 Å². The first kappa shape index (κ1) is 16.8. The van der Waals surface area contributed by atoms with Crippen molar-refractivity contribution in [3.05, 3.63) is 34.6 Å². The average Bonchev–Trinajstić information content (AvgIpc) is 2.35. The van der Waals surface area contributed by atoms with Gasteiger partial charge in [-0.25, -0.2) is 4.39 Å². The van der Waals surface area contributed by atoms with Crippen LogP contribution in [0.25, 0.3) is 0 Å². The van der Waals surface area contributed by atoms with Crippen molar-refractivity contribution in [1.29, 1.82) is 0 Å². The summed E-state index contributed by atoms with van der Waals surface area (Å²) >= 11 is 6.33. The van der Waals surface area contributed by atoms with Crippen molar-refractivity contribution in [2.45, 2.75) is 51.9 Å². The van der Waals surface area contributed by atoms with Crippen LogP contribution in [-0.2, 0) is 5.41 Å². The molecule has 0 heterocycles. The van der Waals surface area contributed by atoms with E-state index in [0.29, 0.717) is 10.9 Å². The van der Waals surface area contributed by atoms with Crippen molar-refractivity contribution in [2.24, 2.45) is 11.8 Å². The Morgan fingerprint density at radius 1 is 1.38 bits per heavy atom. The second-order valence-electron chi connectivity index (χ2n) is 6.99. The van der Waals surface area contributed by atoms with Crippen LogP contribution in [-0.4, -0.2) is 13.1 Å². The second-order valence-corrected chi connectivity index (χ2v) is 7.40. The van der Waals surface area contributed by atoms with Crippen LogP contribution in [0.5, 0.6) is 0 Å². The third kappa shape index (κ3) is 3.98. The molecule has 0 aliphatic heterocycles. The highest BCUT2D eigenvalue weighted by atomic mass is 35.5. The summed E-state index contributed by atoms with van der Waals surface area (Å²) in [6, 6.07) is 4.88. The fraction of sp³-hybridized carbons (Fsp3) is 0.667. The molecule has 0 atom stereocenters. The molecule has 1 aromatic carbocycles. The molecule has 1 N–H and O–H groups in total. The lowest BCUT2D eigenvalue weighted by Crippen LogP contribution is -2.49. The van der Waals surface area contributed by atoms with Crippen LogP contribution in [0.2, 0.25) is 5.02 Å². The molecule has 21 heavy (non-hydrogen) atoms. The Kier molecular flexibility index (Phi) is 5.67. The normalized spacial score (nSPS) is 25.1. The third-order valence-corrected chi connectivity index (χ3v) is 4.89. The quantitative estimate of drug-likeness (QED) is 0.732. The Hall–Kier alpha value is -0.600. The zero-order valence-corrected chi connectivity index (χ0v) is 14.1. The minimum atomic E-state index is -0.251. The van der Waals surface area contributed by atoms with E-state index in [2.05, 4.69) is 26.1 Å². The summed E-state index contributed by atoms with van der Waals surface area (Å²) in [5.41, 5.74) is 1.22. The molecule has 1 saturated carbocycles. The Morgan fingerprint density at radius 3 is 2.67 bits per heavy atom. The van der Waals surface area contributed by atoms with Gasteiger partial charge < -0.3 is 5.32 Å². The SMILES string of the molecule is CCCC1CC(CNCC(C)C)(c2ccc(F)cc2Cl)C1. The molecule has 0 saturated heterocycles. The first-order valence-corrected chi connectivity index (χ1v) is 8.51. The molecule has 118 valence electrons. The molecule has 0 amide bonds. The molecule has 1 nitrogen and oxygen atoms in total. The number of hydrogen-bond donors (Lipinski definition) is 1. The van der Waals surface area contributed by atoms with Gasteiger partial charge in [0.2, 0.25) is 0 Å². The number of nitrogens with one attached hydrogen (secondary N) is 1. The molecular weight excluding hydrogens is 285 g/mol. The lowest BCUT2D eigenvalue weighted by molar-refractivity contribution is 0.128. The molecule has 1 aromatic rings. The largest absolute Gasteiger partial charge is 0.316 e. The average molecular weight is 312 g/mol. The summed E-state index contributed by atoms with van der Waals surface area (Å²) in [6.07, 6.45) is 4.84. The van der Waals surface area contributed by atoms with Crippen LogP contribution in [0, 0.1) is 17.7 Å². The highest BCUT2D eigenvalue weighted by molar-refractivity contribution is 6.31. The van der Waals surface area contributed by atoms with E-state index in [0.717, 1.165) is 37.4 Å². The highest BCUT2D eigenvalue weighted by Gasteiger charge is 2.45. The van der Waals surface area contributed by atoms with Gasteiger partial charge in [0.15, 0.2) is 0 Å². The molecular formula is C18H27ClFN. The lowest BCUT2D eigenvalue weighted by Gasteiger charge is -2.49. The maximum Gasteiger partial charge on any atom is 0.124 e. The van der Waals surface area contributed by atoms with E-state index in [9.17, 15) is 4.39 Å². The first-order valence-electron chi connectivity index (χ1n) is 8.13. The van der Waals surface area contributed by atoms with Crippen molar-refractivity contribution in [3.63, 3.8) is 0 Å². The summed E-state index contributed by atoms with van der Waals surface area (Å²) in [4.78, 5) is 0. The van der Waals surface area contributed by atoms with Gasteiger partial charge in [-0.1, -0.05) is 51.3 Å². The van der Waals surface area contributed by atoms with Crippen LogP contribution in [0.1, 0.15) is 52.0 Å². The summed E-state index contributed by atoms with van der Waals surface area (Å²) in [5.74, 6) is 1.17. The van der Waals surface area contributed by atoms with Crippen LogP contribution < -0.4 is 5.32 Å². The smallest absolute Gasteiger partial charge is 0.124 e. The van der Waals surface area contributed by atoms with Crippen molar-refractivity contribution >= 4 is 11.6 Å². The number of rotatable bonds is 7. The molecule has 0 unspecified atom stereocenters. The van der Waals surface area contributed by atoms with Crippen LogP contribution in [0.4, 0.5) is 4.39 Å². The summed E-state index contributed by atoms with van der Waals surface area (Å²) in [5, 5.41) is 4.16. The maximum atomic E-state index is 13.3. The first-order chi connectivity index (χ1) is 9.97. The summed E-state index contributed by atoms with van der Waals surface area (Å²) in [7, 11) is 0. The molecule has 2 rings (SSSR count). The molecule has 3 heteroatoms. The standard InChI is InChI=1S/C18H27ClFN/c1-4-5-14-9-18(10-14,12-21-11-13(2)3)16-7-6-15(20)8-17(16)19/h6-8,13-14,21H,4-5,9-12H2,1-3H3. The van der Waals surface area contributed by atoms with E-state index in [-0.39, 0.29) is 11.2 Å². The lowest BCUT2D eigenvalue weighted by atomic mass is 9.57. The van der Waals surface area contributed by atoms with E-state index in [4.69, 9.17) is 11.6 Å². The Morgan fingerprint density at radius 2 is 2.10 bits per heavy atom. The van der Waals surface area contributed by atoms with Gasteiger partial charge in [0.05, 0.1) is 0 Å². The van der Waals surface area contributed by atoms with Crippen molar-refractivity contribution in [3.8, 4) is 0 Å². The maximum absolute atomic E-state index is 13.3. The molecule has 0 radical (unpaired) electrons. The van der Waals surface area contributed by atoms with E-state index in [1.807, 2.05) is 6.07 Å². The van der Waals surface area contributed by atoms with Crippen LogP contribution >= 0.6 is 11.6 Å². The fourth-order valence-electron chi connectivity index (χ4n) is 3.64. The highest BCUT2D eigenvalue weighted by Crippen LogP contribution is 2.51. The Bertz CT molecular complexity index is 466. The minimum absolute atomic E-state index is 0.0967. The molecule has 0 aromatic heterocycles. The molecule has 1 aliphatic carbocycles. The Labute approximate surface area is 133 Å². The number of halogens is 2. The van der Waals surface area contributed by atoms with Crippen LogP contribution in [0.15, 0.2) is 18.2 Å². The van der Waals surface area contributed by atoms with Crippen molar-refractivity contribution < 1.29 is 4.39 Å². The summed E-state index contributed by atoms with van der Waals surface area (Å²) < 4.78 is 13.3. The van der Waals surface area contributed by atoms with Gasteiger partial charge in [-0.3, -0.25) is 0 Å². The van der Waals surface area contributed by atoms with E-state index >= 15 is 0 Å². The van der Waals surface area contributed by atoms with E-state index in [1.54, 1.807) is 6.07 Å². The third-order valence-electron chi connectivity index (χ3n) is 4.57. The topological polar surface area (TPSA) is 12.0 Å². The predicted molar refractivity (Wildman–Crippen MR) is 88.4 cm³/mol. The zero-order chi connectivity index (χ0) is 15.5. The molecule has 1 fully saturated rings. The minimum Gasteiger partial charge on any atom is -0.316 e. The fourth-order valence-corrected chi connectivity index (χ4v) is 4.00. The monoisotopic (exact) mass is 311 g/mol. The van der Waals surface area contributed by atoms with Gasteiger partial charge in [0.1, 0.15) is 5.82 Å². The van der Waals surface area contributed by atoms with Crippen molar-refractivity contribution in [2.75, 3.05) is 13.1 Å². The van der Waals surface area contributed by atoms with Crippen molar-refractivity contribution in [1.82, 2.24) is 5.32 Å². The van der Waals surface area contributed by atoms with Gasteiger partial charge in [-0.05, 0) is 48.9 Å². The van der Waals surface area contributed by atoms with Gasteiger partial charge in [-0.15, -0.1) is 0 Å². The molecule has 1 aliphatic rings. The molecule has 0 bridgehead atoms. The van der Waals surface area contributed by atoms with Gasteiger partial charge in [-0.2, -0.15) is 0 Å². The summed E-state index contributed by atoms with van der Waals surface area (Å²) in [6.45, 7) is 8.62. The predicted octanol–water partition coefficient (Wildman–Crippen LogP) is 5.17. The zero-order valence-electron chi connectivity index (χ0n) is 13.4. The van der Waals surface area contributed by atoms with Gasteiger partial charge in [0.25, 0.3) is 0 Å². The van der Waals surface area contributed by atoms with Gasteiger partial charge >= 0.3 is 0 Å². The van der Waals surface area contributed by atoms with E-state index < -0.39 is 0 Å². The van der Waals surface area contributed by atoms with Crippen LogP contribution in [0.3, 0.4) is 0 Å². The Balaban J connectivity index is 2.13. The second kappa shape index (κ2) is 7.11. The number of hydrogen-bond acceptors (Lipinski definition) is 1.